The molecule has 1 N–H and O–H groups in total. The van der Waals surface area contributed by atoms with Crippen LogP contribution in [0.3, 0.4) is 0 Å². The summed E-state index contributed by atoms with van der Waals surface area (Å²) in [5.41, 5.74) is 0. The van der Waals surface area contributed by atoms with Crippen LogP contribution in [-0.2, 0) is 9.47 Å². The zero-order valence-electron chi connectivity index (χ0n) is 9.36. The fourth-order valence-electron chi connectivity index (χ4n) is 2.59. The predicted molar refractivity (Wildman–Crippen MR) is 57.7 cm³/mol. The molecule has 0 aromatic rings. The molecule has 2 atom stereocenters. The largest absolute Gasteiger partial charge is 0.393 e. The van der Waals surface area contributed by atoms with Crippen LogP contribution in [0, 0.1) is 11.8 Å². The predicted octanol–water partition coefficient (Wildman–Crippen LogP) is 1.59. The van der Waals surface area contributed by atoms with Crippen molar-refractivity contribution in [2.45, 2.75) is 38.2 Å². The lowest BCUT2D eigenvalue weighted by atomic mass is 9.86. The highest BCUT2D eigenvalue weighted by Crippen LogP contribution is 2.26. The first-order chi connectivity index (χ1) is 7.36. The van der Waals surface area contributed by atoms with E-state index in [4.69, 9.17) is 9.47 Å². The molecule has 2 heterocycles. The van der Waals surface area contributed by atoms with Gasteiger partial charge in [-0.3, -0.25) is 0 Å². The molecule has 0 amide bonds. The fraction of sp³-hybridized carbons (Fsp3) is 1.00. The number of ether oxygens (including phenoxy) is 2. The maximum Gasteiger partial charge on any atom is 0.0593 e. The van der Waals surface area contributed by atoms with Crippen molar-refractivity contribution >= 4 is 0 Å². The van der Waals surface area contributed by atoms with Crippen molar-refractivity contribution in [3.05, 3.63) is 0 Å². The van der Waals surface area contributed by atoms with Crippen molar-refractivity contribution in [3.8, 4) is 0 Å². The van der Waals surface area contributed by atoms with E-state index in [0.717, 1.165) is 58.5 Å². The van der Waals surface area contributed by atoms with Crippen molar-refractivity contribution in [2.75, 3.05) is 26.4 Å². The van der Waals surface area contributed by atoms with Crippen LogP contribution >= 0.6 is 0 Å². The summed E-state index contributed by atoms with van der Waals surface area (Å²) in [4.78, 5) is 0. The van der Waals surface area contributed by atoms with Crippen molar-refractivity contribution in [2.24, 2.45) is 11.8 Å². The summed E-state index contributed by atoms with van der Waals surface area (Å²) in [5, 5.41) is 10.1. The van der Waals surface area contributed by atoms with Gasteiger partial charge in [0.1, 0.15) is 0 Å². The average Bonchev–Trinajstić information content (AvgIpc) is 2.31. The van der Waals surface area contributed by atoms with E-state index in [9.17, 15) is 5.11 Å². The summed E-state index contributed by atoms with van der Waals surface area (Å²) in [7, 11) is 0. The standard InChI is InChI=1S/C12H22O3/c13-12(11-2-1-5-15-9-11)8-10-3-6-14-7-4-10/h10-13H,1-9H2. The SMILES string of the molecule is OC(CC1CCOCC1)C1CCCOC1. The van der Waals surface area contributed by atoms with Crippen molar-refractivity contribution < 1.29 is 14.6 Å². The summed E-state index contributed by atoms with van der Waals surface area (Å²) in [6.45, 7) is 3.38. The van der Waals surface area contributed by atoms with E-state index in [1.54, 1.807) is 0 Å². The average molecular weight is 214 g/mol. The van der Waals surface area contributed by atoms with E-state index < -0.39 is 0 Å². The van der Waals surface area contributed by atoms with E-state index in [1.165, 1.54) is 0 Å². The topological polar surface area (TPSA) is 38.7 Å². The van der Waals surface area contributed by atoms with E-state index in [2.05, 4.69) is 0 Å². The lowest BCUT2D eigenvalue weighted by Gasteiger charge is -2.30. The van der Waals surface area contributed by atoms with Gasteiger partial charge in [-0.15, -0.1) is 0 Å². The first-order valence-corrected chi connectivity index (χ1v) is 6.20. The maximum absolute atomic E-state index is 10.1. The van der Waals surface area contributed by atoms with Crippen LogP contribution < -0.4 is 0 Å². The monoisotopic (exact) mass is 214 g/mol. The van der Waals surface area contributed by atoms with Crippen molar-refractivity contribution in [1.29, 1.82) is 0 Å². The number of hydrogen-bond donors (Lipinski definition) is 1. The summed E-state index contributed by atoms with van der Waals surface area (Å²) in [6, 6.07) is 0. The van der Waals surface area contributed by atoms with E-state index in [-0.39, 0.29) is 6.10 Å². The molecule has 0 radical (unpaired) electrons. The quantitative estimate of drug-likeness (QED) is 0.775. The van der Waals surface area contributed by atoms with Gasteiger partial charge in [-0.2, -0.15) is 0 Å². The Bertz CT molecular complexity index is 172. The summed E-state index contributed by atoms with van der Waals surface area (Å²) >= 11 is 0. The third-order valence-corrected chi connectivity index (χ3v) is 3.66. The Morgan fingerprint density at radius 3 is 2.53 bits per heavy atom. The molecule has 2 saturated heterocycles. The third kappa shape index (κ3) is 3.44. The molecule has 0 bridgehead atoms. The molecule has 88 valence electrons. The number of aliphatic hydroxyl groups is 1. The molecule has 0 aromatic heterocycles. The molecule has 0 saturated carbocycles. The van der Waals surface area contributed by atoms with Gasteiger partial charge in [-0.05, 0) is 38.0 Å². The number of hydrogen-bond acceptors (Lipinski definition) is 3. The first kappa shape index (κ1) is 11.4. The van der Waals surface area contributed by atoms with Crippen molar-refractivity contribution in [3.63, 3.8) is 0 Å². The van der Waals surface area contributed by atoms with Gasteiger partial charge in [0.05, 0.1) is 12.7 Å². The van der Waals surface area contributed by atoms with Crippen LogP contribution in [0.15, 0.2) is 0 Å². The van der Waals surface area contributed by atoms with Gasteiger partial charge in [0.15, 0.2) is 0 Å². The molecule has 2 aliphatic rings. The number of rotatable bonds is 3. The summed E-state index contributed by atoms with van der Waals surface area (Å²) < 4.78 is 10.7. The van der Waals surface area contributed by atoms with Gasteiger partial charge in [0.2, 0.25) is 0 Å². The zero-order chi connectivity index (χ0) is 10.5. The molecule has 0 aromatic carbocycles. The second-order valence-electron chi connectivity index (χ2n) is 4.84. The maximum atomic E-state index is 10.1. The Morgan fingerprint density at radius 2 is 1.87 bits per heavy atom. The van der Waals surface area contributed by atoms with Gasteiger partial charge in [0.25, 0.3) is 0 Å². The smallest absolute Gasteiger partial charge is 0.0593 e. The van der Waals surface area contributed by atoms with Gasteiger partial charge in [0, 0.05) is 25.7 Å². The van der Waals surface area contributed by atoms with E-state index in [1.807, 2.05) is 0 Å². The van der Waals surface area contributed by atoms with E-state index in [0.29, 0.717) is 11.8 Å². The molecule has 0 aliphatic carbocycles. The lowest BCUT2D eigenvalue weighted by Crippen LogP contribution is -2.32. The van der Waals surface area contributed by atoms with E-state index >= 15 is 0 Å². The fourth-order valence-corrected chi connectivity index (χ4v) is 2.59. The highest BCUT2D eigenvalue weighted by Gasteiger charge is 2.25. The minimum atomic E-state index is -0.159. The van der Waals surface area contributed by atoms with Crippen LogP contribution in [0.2, 0.25) is 0 Å². The van der Waals surface area contributed by atoms with Crippen LogP contribution in [0.25, 0.3) is 0 Å². The molecule has 2 fully saturated rings. The van der Waals surface area contributed by atoms with Gasteiger partial charge in [-0.1, -0.05) is 0 Å². The number of aliphatic hydroxyl groups excluding tert-OH is 1. The Morgan fingerprint density at radius 1 is 1.07 bits per heavy atom. The summed E-state index contributed by atoms with van der Waals surface area (Å²) in [5.74, 6) is 1.04. The molecule has 2 unspecified atom stereocenters. The normalized spacial score (nSPS) is 31.4. The van der Waals surface area contributed by atoms with Gasteiger partial charge >= 0.3 is 0 Å². The highest BCUT2D eigenvalue weighted by atomic mass is 16.5. The second kappa shape index (κ2) is 5.83. The molecular weight excluding hydrogens is 192 g/mol. The van der Waals surface area contributed by atoms with Crippen LogP contribution in [0.4, 0.5) is 0 Å². The second-order valence-corrected chi connectivity index (χ2v) is 4.84. The van der Waals surface area contributed by atoms with Crippen molar-refractivity contribution in [1.82, 2.24) is 0 Å². The Balaban J connectivity index is 1.72. The highest BCUT2D eigenvalue weighted by molar-refractivity contribution is 4.76. The summed E-state index contributed by atoms with van der Waals surface area (Å²) in [6.07, 6.45) is 5.25. The minimum Gasteiger partial charge on any atom is -0.393 e. The van der Waals surface area contributed by atoms with Gasteiger partial charge in [-0.25, -0.2) is 0 Å². The molecule has 2 rings (SSSR count). The molecular formula is C12H22O3. The third-order valence-electron chi connectivity index (χ3n) is 3.66. The zero-order valence-corrected chi connectivity index (χ0v) is 9.36. The van der Waals surface area contributed by atoms with Crippen LogP contribution in [0.5, 0.6) is 0 Å². The molecule has 3 nitrogen and oxygen atoms in total. The van der Waals surface area contributed by atoms with Crippen LogP contribution in [-0.4, -0.2) is 37.6 Å². The van der Waals surface area contributed by atoms with Gasteiger partial charge < -0.3 is 14.6 Å². The molecule has 15 heavy (non-hydrogen) atoms. The Labute approximate surface area is 91.8 Å². The molecule has 2 aliphatic heterocycles. The molecule has 0 spiro atoms. The van der Waals surface area contributed by atoms with Crippen LogP contribution in [0.1, 0.15) is 32.1 Å². The Kier molecular flexibility index (Phi) is 4.42. The molecule has 3 heteroatoms. The first-order valence-electron chi connectivity index (χ1n) is 6.20. The lowest BCUT2D eigenvalue weighted by molar-refractivity contribution is -0.0271. The minimum absolute atomic E-state index is 0.159. The Hall–Kier alpha value is -0.120.